The summed E-state index contributed by atoms with van der Waals surface area (Å²) in [6, 6.07) is 9.98. The van der Waals surface area contributed by atoms with Gasteiger partial charge in [-0.2, -0.15) is 13.2 Å². The normalized spacial score (nSPS) is 16.2. The molecule has 1 aliphatic heterocycles. The molecule has 0 spiro atoms. The molecular formula is C19H14ClF3O4. The number of carbonyl (C=O) groups is 1. The quantitative estimate of drug-likeness (QED) is 0.809. The van der Waals surface area contributed by atoms with Gasteiger partial charge >= 0.3 is 12.1 Å². The Balaban J connectivity index is 1.97. The molecule has 1 unspecified atom stereocenters. The number of carboxylic acids is 1. The van der Waals surface area contributed by atoms with Crippen LogP contribution >= 0.6 is 11.6 Å². The molecule has 2 aromatic rings. The van der Waals surface area contributed by atoms with Crippen LogP contribution in [0, 0.1) is 0 Å². The van der Waals surface area contributed by atoms with Crippen molar-refractivity contribution >= 4 is 23.6 Å². The van der Waals surface area contributed by atoms with Gasteiger partial charge in [-0.1, -0.05) is 23.7 Å². The summed E-state index contributed by atoms with van der Waals surface area (Å²) in [7, 11) is 1.54. The molecule has 8 heteroatoms. The summed E-state index contributed by atoms with van der Waals surface area (Å²) in [5.74, 6) is -1.07. The minimum atomic E-state index is -4.85. The zero-order valence-corrected chi connectivity index (χ0v) is 14.8. The lowest BCUT2D eigenvalue weighted by molar-refractivity contribution is -0.187. The highest BCUT2D eigenvalue weighted by Crippen LogP contribution is 2.39. The minimum absolute atomic E-state index is 0.0600. The molecule has 27 heavy (non-hydrogen) atoms. The minimum Gasteiger partial charge on any atom is -0.497 e. The summed E-state index contributed by atoms with van der Waals surface area (Å²) in [5.41, 5.74) is 0.752. The van der Waals surface area contributed by atoms with Crippen molar-refractivity contribution in [1.29, 1.82) is 0 Å². The van der Waals surface area contributed by atoms with Crippen LogP contribution in [0.1, 0.15) is 16.7 Å². The Bertz CT molecular complexity index is 904. The monoisotopic (exact) mass is 398 g/mol. The molecule has 0 fully saturated rings. The van der Waals surface area contributed by atoms with Gasteiger partial charge in [0.25, 0.3) is 0 Å². The lowest BCUT2D eigenvalue weighted by Gasteiger charge is -2.27. The summed E-state index contributed by atoms with van der Waals surface area (Å²) in [4.78, 5) is 11.2. The Morgan fingerprint density at radius 1 is 1.26 bits per heavy atom. The van der Waals surface area contributed by atoms with E-state index in [0.717, 1.165) is 11.6 Å². The molecule has 1 heterocycles. The van der Waals surface area contributed by atoms with Crippen molar-refractivity contribution < 1.29 is 32.5 Å². The van der Waals surface area contributed by atoms with Crippen LogP contribution < -0.4 is 9.47 Å². The lowest BCUT2D eigenvalue weighted by atomic mass is 9.97. The number of rotatable bonds is 4. The van der Waals surface area contributed by atoms with Crippen molar-refractivity contribution in [3.63, 3.8) is 0 Å². The van der Waals surface area contributed by atoms with Gasteiger partial charge in [0.15, 0.2) is 0 Å². The van der Waals surface area contributed by atoms with Crippen LogP contribution in [-0.4, -0.2) is 30.5 Å². The maximum absolute atomic E-state index is 13.2. The predicted molar refractivity (Wildman–Crippen MR) is 93.3 cm³/mol. The zero-order valence-electron chi connectivity index (χ0n) is 14.0. The Morgan fingerprint density at radius 2 is 1.93 bits per heavy atom. The van der Waals surface area contributed by atoms with Gasteiger partial charge in [0, 0.05) is 10.6 Å². The van der Waals surface area contributed by atoms with Crippen molar-refractivity contribution in [1.82, 2.24) is 0 Å². The molecule has 142 valence electrons. The standard InChI is InChI=1S/C19H14ClF3O4/c1-26-13-4-2-10(3-5-13)6-11-9-16-12(8-15(11)20)7-14(18(24)25)17(27-16)19(21,22)23/h2-5,7-9,17H,6H2,1H3,(H,24,25). The van der Waals surface area contributed by atoms with Gasteiger partial charge in [-0.05, 0) is 47.9 Å². The first kappa shape index (κ1) is 19.1. The summed E-state index contributed by atoms with van der Waals surface area (Å²) < 4.78 is 49.6. The van der Waals surface area contributed by atoms with E-state index in [0.29, 0.717) is 22.8 Å². The first-order chi connectivity index (χ1) is 12.7. The number of hydrogen-bond acceptors (Lipinski definition) is 3. The van der Waals surface area contributed by atoms with Crippen molar-refractivity contribution in [2.75, 3.05) is 7.11 Å². The summed E-state index contributed by atoms with van der Waals surface area (Å²) in [6.45, 7) is 0. The Labute approximate surface area is 157 Å². The maximum Gasteiger partial charge on any atom is 0.430 e. The third-order valence-corrected chi connectivity index (χ3v) is 4.47. The van der Waals surface area contributed by atoms with Crippen LogP contribution in [-0.2, 0) is 11.2 Å². The Hall–Kier alpha value is -2.67. The number of aliphatic carboxylic acids is 1. The second-order valence-corrected chi connectivity index (χ2v) is 6.36. The number of methoxy groups -OCH3 is 1. The van der Waals surface area contributed by atoms with E-state index in [4.69, 9.17) is 26.2 Å². The molecule has 1 N–H and O–H groups in total. The van der Waals surface area contributed by atoms with Crippen molar-refractivity contribution in [3.05, 3.63) is 63.7 Å². The summed E-state index contributed by atoms with van der Waals surface area (Å²) >= 11 is 6.24. The third-order valence-electron chi connectivity index (χ3n) is 4.11. The van der Waals surface area contributed by atoms with Crippen LogP contribution in [0.3, 0.4) is 0 Å². The van der Waals surface area contributed by atoms with Crippen LogP contribution in [0.25, 0.3) is 6.08 Å². The highest BCUT2D eigenvalue weighted by atomic mass is 35.5. The number of alkyl halides is 3. The first-order valence-corrected chi connectivity index (χ1v) is 8.20. The highest BCUT2D eigenvalue weighted by molar-refractivity contribution is 6.31. The SMILES string of the molecule is COc1ccc(Cc2cc3c(cc2Cl)C=C(C(=O)O)C(C(F)(F)F)O3)cc1. The fraction of sp³-hybridized carbons (Fsp3) is 0.211. The molecule has 1 atom stereocenters. The molecule has 2 aromatic carbocycles. The van der Waals surface area contributed by atoms with Gasteiger partial charge < -0.3 is 14.6 Å². The van der Waals surface area contributed by atoms with Crippen LogP contribution in [0.4, 0.5) is 13.2 Å². The third kappa shape index (κ3) is 4.03. The average Bonchev–Trinajstić information content (AvgIpc) is 2.61. The number of ether oxygens (including phenoxy) is 2. The molecule has 3 rings (SSSR count). The molecule has 0 bridgehead atoms. The summed E-state index contributed by atoms with van der Waals surface area (Å²) in [5, 5.41) is 9.37. The predicted octanol–water partition coefficient (Wildman–Crippen LogP) is 4.73. The molecule has 4 nitrogen and oxygen atoms in total. The van der Waals surface area contributed by atoms with E-state index in [9.17, 15) is 18.0 Å². The second-order valence-electron chi connectivity index (χ2n) is 5.95. The Kier molecular flexibility index (Phi) is 5.06. The van der Waals surface area contributed by atoms with E-state index in [2.05, 4.69) is 0 Å². The molecule has 0 amide bonds. The van der Waals surface area contributed by atoms with E-state index in [1.54, 1.807) is 19.2 Å². The first-order valence-electron chi connectivity index (χ1n) is 7.82. The molecule has 0 saturated carbocycles. The summed E-state index contributed by atoms with van der Waals surface area (Å²) in [6.07, 6.45) is -6.07. The van der Waals surface area contributed by atoms with Gasteiger partial charge in [-0.15, -0.1) is 0 Å². The average molecular weight is 399 g/mol. The fourth-order valence-corrected chi connectivity index (χ4v) is 3.01. The number of halogens is 4. The largest absolute Gasteiger partial charge is 0.497 e. The lowest BCUT2D eigenvalue weighted by Crippen LogP contribution is -2.40. The molecule has 0 aliphatic carbocycles. The van der Waals surface area contributed by atoms with E-state index >= 15 is 0 Å². The topological polar surface area (TPSA) is 55.8 Å². The van der Waals surface area contributed by atoms with Gasteiger partial charge in [0.05, 0.1) is 12.7 Å². The van der Waals surface area contributed by atoms with Crippen LogP contribution in [0.2, 0.25) is 5.02 Å². The van der Waals surface area contributed by atoms with Crippen LogP contribution in [0.15, 0.2) is 42.0 Å². The van der Waals surface area contributed by atoms with Gasteiger partial charge in [0.1, 0.15) is 11.5 Å². The van der Waals surface area contributed by atoms with E-state index in [1.807, 2.05) is 12.1 Å². The maximum atomic E-state index is 13.2. The number of carboxylic acid groups (broad SMARTS) is 1. The fourth-order valence-electron chi connectivity index (χ4n) is 2.78. The number of fused-ring (bicyclic) bond motifs is 1. The van der Waals surface area contributed by atoms with Crippen molar-refractivity contribution in [3.8, 4) is 11.5 Å². The highest BCUT2D eigenvalue weighted by Gasteiger charge is 2.48. The van der Waals surface area contributed by atoms with E-state index < -0.39 is 23.8 Å². The Morgan fingerprint density at radius 3 is 2.48 bits per heavy atom. The molecule has 0 saturated heterocycles. The van der Waals surface area contributed by atoms with Crippen molar-refractivity contribution in [2.24, 2.45) is 0 Å². The molecule has 0 radical (unpaired) electrons. The molecule has 1 aliphatic rings. The van der Waals surface area contributed by atoms with E-state index in [-0.39, 0.29) is 11.3 Å². The zero-order chi connectivity index (χ0) is 19.8. The van der Waals surface area contributed by atoms with Gasteiger partial charge in [0.2, 0.25) is 6.10 Å². The smallest absolute Gasteiger partial charge is 0.430 e. The van der Waals surface area contributed by atoms with Crippen molar-refractivity contribution in [2.45, 2.75) is 18.7 Å². The van der Waals surface area contributed by atoms with Gasteiger partial charge in [-0.3, -0.25) is 0 Å². The van der Waals surface area contributed by atoms with E-state index in [1.165, 1.54) is 12.1 Å². The molecular weight excluding hydrogens is 385 g/mol. The van der Waals surface area contributed by atoms with Crippen LogP contribution in [0.5, 0.6) is 11.5 Å². The number of hydrogen-bond donors (Lipinski definition) is 1. The molecule has 0 aromatic heterocycles. The van der Waals surface area contributed by atoms with Gasteiger partial charge in [-0.25, -0.2) is 4.79 Å². The number of benzene rings is 2. The second kappa shape index (κ2) is 7.15.